The number of Topliss-reactive ketones (excluding diaryl/α,β-unsaturated/α-hetero) is 1. The normalized spacial score (nSPS) is 27.1. The molecule has 0 bridgehead atoms. The minimum absolute atomic E-state index is 0.0388. The molecule has 6 rings (SSSR count). The van der Waals surface area contributed by atoms with Crippen molar-refractivity contribution in [1.82, 2.24) is 0 Å². The van der Waals surface area contributed by atoms with Crippen molar-refractivity contribution in [3.63, 3.8) is 0 Å². The molecule has 8 heteroatoms. The molecule has 1 heterocycles. The van der Waals surface area contributed by atoms with Gasteiger partial charge in [0.2, 0.25) is 11.8 Å². The molecule has 37 heavy (non-hydrogen) atoms. The van der Waals surface area contributed by atoms with E-state index in [4.69, 9.17) is 11.6 Å². The molecule has 0 aromatic heterocycles. The van der Waals surface area contributed by atoms with Crippen LogP contribution in [0.1, 0.15) is 29.9 Å². The highest BCUT2D eigenvalue weighted by Crippen LogP contribution is 2.55. The molecule has 2 aromatic rings. The van der Waals surface area contributed by atoms with Crippen LogP contribution in [0.5, 0.6) is 5.75 Å². The molecule has 1 N–H and O–H groups in total. The number of fused-ring (bicyclic) bond motifs is 3. The molecule has 1 saturated heterocycles. The Kier molecular flexibility index (Phi) is 5.62. The summed E-state index contributed by atoms with van der Waals surface area (Å²) < 4.78 is 0.176. The van der Waals surface area contributed by atoms with Gasteiger partial charge in [0.1, 0.15) is 5.75 Å². The first kappa shape index (κ1) is 24.1. The Labute approximate surface area is 226 Å². The highest BCUT2D eigenvalue weighted by atomic mass is 79.9. The molecule has 2 amide bonds. The number of anilines is 1. The maximum Gasteiger partial charge on any atom is 0.238 e. The van der Waals surface area contributed by atoms with Crippen LogP contribution in [0.4, 0.5) is 5.69 Å². The number of allylic oxidation sites excluding steroid dienone is 6. The summed E-state index contributed by atoms with van der Waals surface area (Å²) in [4.78, 5) is 55.1. The van der Waals surface area contributed by atoms with E-state index < -0.39 is 23.7 Å². The molecule has 1 aliphatic heterocycles. The van der Waals surface area contributed by atoms with Gasteiger partial charge in [-0.25, -0.2) is 4.90 Å². The molecule has 3 aliphatic carbocycles. The predicted molar refractivity (Wildman–Crippen MR) is 141 cm³/mol. The van der Waals surface area contributed by atoms with E-state index in [2.05, 4.69) is 15.9 Å². The van der Waals surface area contributed by atoms with Crippen molar-refractivity contribution in [1.29, 1.82) is 0 Å². The summed E-state index contributed by atoms with van der Waals surface area (Å²) in [6, 6.07) is 11.7. The van der Waals surface area contributed by atoms with Gasteiger partial charge in [-0.3, -0.25) is 19.2 Å². The Bertz CT molecular complexity index is 1540. The number of hydrogen-bond acceptors (Lipinski definition) is 5. The Balaban J connectivity index is 1.48. The molecule has 186 valence electrons. The lowest BCUT2D eigenvalue weighted by Gasteiger charge is -2.42. The van der Waals surface area contributed by atoms with Crippen LogP contribution in [0, 0.1) is 24.7 Å². The molecule has 0 spiro atoms. The zero-order valence-corrected chi connectivity index (χ0v) is 22.0. The molecular weight excluding hydrogens is 558 g/mol. The van der Waals surface area contributed by atoms with E-state index in [1.165, 1.54) is 11.0 Å². The molecule has 1 fully saturated rings. The number of hydrogen-bond donors (Lipinski definition) is 1. The summed E-state index contributed by atoms with van der Waals surface area (Å²) in [5.41, 5.74) is 3.49. The van der Waals surface area contributed by atoms with Gasteiger partial charge in [-0.2, -0.15) is 0 Å². The molecule has 4 atom stereocenters. The van der Waals surface area contributed by atoms with Crippen molar-refractivity contribution >= 4 is 56.6 Å². The van der Waals surface area contributed by atoms with Gasteiger partial charge in [-0.15, -0.1) is 0 Å². The summed E-state index contributed by atoms with van der Waals surface area (Å²) in [5.74, 6) is -3.42. The monoisotopic (exact) mass is 577 g/mol. The number of phenolic OH excluding ortho intramolecular Hbond substituents is 1. The Morgan fingerprint density at radius 2 is 1.81 bits per heavy atom. The third-order valence-electron chi connectivity index (χ3n) is 7.95. The number of carbonyl (C=O) groups is 4. The number of rotatable bonds is 2. The first-order valence-corrected chi connectivity index (χ1v) is 13.2. The van der Waals surface area contributed by atoms with E-state index in [-0.39, 0.29) is 40.0 Å². The molecular formula is C29H21BrClNO5. The first-order chi connectivity index (χ1) is 17.7. The van der Waals surface area contributed by atoms with E-state index >= 15 is 0 Å². The van der Waals surface area contributed by atoms with Gasteiger partial charge in [0.25, 0.3) is 0 Å². The van der Waals surface area contributed by atoms with Gasteiger partial charge < -0.3 is 5.11 Å². The van der Waals surface area contributed by atoms with Gasteiger partial charge in [0, 0.05) is 28.2 Å². The number of amides is 2. The van der Waals surface area contributed by atoms with E-state index in [0.29, 0.717) is 33.8 Å². The number of halogens is 2. The van der Waals surface area contributed by atoms with Crippen molar-refractivity contribution in [2.75, 3.05) is 4.90 Å². The lowest BCUT2D eigenvalue weighted by atomic mass is 9.59. The maximum absolute atomic E-state index is 13.9. The number of ketones is 2. The van der Waals surface area contributed by atoms with Crippen LogP contribution in [0.3, 0.4) is 0 Å². The molecule has 4 unspecified atom stereocenters. The lowest BCUT2D eigenvalue weighted by Crippen LogP contribution is -2.39. The largest absolute Gasteiger partial charge is 0.508 e. The van der Waals surface area contributed by atoms with Crippen LogP contribution in [0.15, 0.2) is 75.8 Å². The van der Waals surface area contributed by atoms with Crippen molar-refractivity contribution in [2.24, 2.45) is 17.8 Å². The van der Waals surface area contributed by atoms with Crippen LogP contribution < -0.4 is 4.90 Å². The quantitative estimate of drug-likeness (QED) is 0.296. The van der Waals surface area contributed by atoms with Gasteiger partial charge in [-0.1, -0.05) is 41.4 Å². The van der Waals surface area contributed by atoms with Crippen LogP contribution in [-0.2, 0) is 19.2 Å². The van der Waals surface area contributed by atoms with Crippen LogP contribution in [0.25, 0.3) is 0 Å². The fourth-order valence-electron chi connectivity index (χ4n) is 6.27. The number of imide groups is 1. The number of carbonyl (C=O) groups excluding carboxylic acids is 4. The highest BCUT2D eigenvalue weighted by molar-refractivity contribution is 9.12. The average molecular weight is 579 g/mol. The minimum Gasteiger partial charge on any atom is -0.508 e. The zero-order valence-electron chi connectivity index (χ0n) is 19.7. The first-order valence-electron chi connectivity index (χ1n) is 12.0. The summed E-state index contributed by atoms with van der Waals surface area (Å²) in [5, 5.41) is 10.7. The van der Waals surface area contributed by atoms with E-state index in [1.54, 1.807) is 42.5 Å². The van der Waals surface area contributed by atoms with Crippen LogP contribution in [0.2, 0.25) is 5.02 Å². The fourth-order valence-corrected chi connectivity index (χ4v) is 6.89. The fraction of sp³-hybridized carbons (Fsp3) is 0.241. The van der Waals surface area contributed by atoms with Gasteiger partial charge in [0.15, 0.2) is 11.6 Å². The van der Waals surface area contributed by atoms with E-state index in [9.17, 15) is 24.3 Å². The number of nitrogens with zero attached hydrogens (tertiary/aromatic N) is 1. The van der Waals surface area contributed by atoms with Crippen LogP contribution >= 0.6 is 27.5 Å². The van der Waals surface area contributed by atoms with E-state index in [1.807, 2.05) is 13.0 Å². The second kappa shape index (κ2) is 8.64. The van der Waals surface area contributed by atoms with Gasteiger partial charge >= 0.3 is 0 Å². The molecule has 0 radical (unpaired) electrons. The molecule has 4 aliphatic rings. The number of aryl methyl sites for hydroxylation is 1. The van der Waals surface area contributed by atoms with E-state index in [0.717, 1.165) is 11.1 Å². The molecule has 2 aromatic carbocycles. The molecule has 6 nitrogen and oxygen atoms in total. The summed E-state index contributed by atoms with van der Waals surface area (Å²) in [7, 11) is 0. The van der Waals surface area contributed by atoms with Crippen molar-refractivity contribution in [3.8, 4) is 5.75 Å². The Morgan fingerprint density at radius 3 is 2.54 bits per heavy atom. The second-order valence-electron chi connectivity index (χ2n) is 9.93. The summed E-state index contributed by atoms with van der Waals surface area (Å²) in [6.45, 7) is 1.85. The third-order valence-corrected chi connectivity index (χ3v) is 8.94. The van der Waals surface area contributed by atoms with Crippen molar-refractivity contribution in [3.05, 3.63) is 92.0 Å². The van der Waals surface area contributed by atoms with Crippen LogP contribution in [-0.4, -0.2) is 28.5 Å². The number of aromatic hydroxyl groups is 1. The topological polar surface area (TPSA) is 91.8 Å². The summed E-state index contributed by atoms with van der Waals surface area (Å²) in [6.07, 6.45) is 3.77. The Hall–Kier alpha value is -3.29. The zero-order chi connectivity index (χ0) is 26.2. The van der Waals surface area contributed by atoms with Gasteiger partial charge in [-0.05, 0) is 77.0 Å². The molecule has 0 saturated carbocycles. The summed E-state index contributed by atoms with van der Waals surface area (Å²) >= 11 is 9.53. The third kappa shape index (κ3) is 3.59. The average Bonchev–Trinajstić information content (AvgIpc) is 3.13. The van der Waals surface area contributed by atoms with Crippen molar-refractivity contribution < 1.29 is 24.3 Å². The smallest absolute Gasteiger partial charge is 0.238 e. The lowest BCUT2D eigenvalue weighted by molar-refractivity contribution is -0.123. The standard InChI is InChI=1S/C29H21BrClNO5/c1-13-5-6-15(10-22(13)31)32-28(36)18-8-7-17-19(25(18)29(32)37)11-20-26(23(34)12-21(30)27(20)35)24(17)14-3-2-4-16(33)9-14/h2-7,9-10,12,18-19,24-25,33H,8,11H2,1H3. The second-order valence-corrected chi connectivity index (χ2v) is 11.2. The number of phenols is 1. The highest BCUT2D eigenvalue weighted by Gasteiger charge is 2.56. The SMILES string of the molecule is Cc1ccc(N2C(=O)C3CC=C4C(c5cccc(O)c5)C5=C(CC4C3C2=O)C(=O)C(Br)=CC5=O)cc1Cl. The number of benzene rings is 2. The van der Waals surface area contributed by atoms with Gasteiger partial charge in [0.05, 0.1) is 22.0 Å². The minimum atomic E-state index is -0.672. The predicted octanol–water partition coefficient (Wildman–Crippen LogP) is 5.32. The van der Waals surface area contributed by atoms with Crippen molar-refractivity contribution in [2.45, 2.75) is 25.7 Å². The maximum atomic E-state index is 13.9. The Morgan fingerprint density at radius 1 is 1.03 bits per heavy atom.